The first-order chi connectivity index (χ1) is 9.83. The Morgan fingerprint density at radius 3 is 2.62 bits per heavy atom. The molecule has 0 aromatic heterocycles. The van der Waals surface area contributed by atoms with Gasteiger partial charge in [0.05, 0.1) is 10.6 Å². The highest BCUT2D eigenvalue weighted by Gasteiger charge is 2.16. The van der Waals surface area contributed by atoms with Crippen molar-refractivity contribution in [3.05, 3.63) is 32.8 Å². The molecule has 1 amide bonds. The molecule has 0 heterocycles. The monoisotopic (exact) mass is 357 g/mol. The maximum atomic E-state index is 12.0. The van der Waals surface area contributed by atoms with E-state index < -0.39 is 4.92 Å². The zero-order chi connectivity index (χ0) is 16.0. The van der Waals surface area contributed by atoms with Gasteiger partial charge in [0.15, 0.2) is 0 Å². The Bertz CT molecular complexity index is 520. The molecule has 0 spiro atoms. The Morgan fingerprint density at radius 1 is 1.48 bits per heavy atom. The van der Waals surface area contributed by atoms with Crippen LogP contribution in [0.4, 0.5) is 11.4 Å². The second kappa shape index (κ2) is 8.09. The number of nitrogens with one attached hydrogen (secondary N) is 1. The molecule has 3 N–H and O–H groups in total. The first kappa shape index (κ1) is 17.6. The van der Waals surface area contributed by atoms with Crippen LogP contribution in [-0.2, 0) is 4.79 Å². The number of nitrogens with two attached hydrogens (primary N) is 1. The summed E-state index contributed by atoms with van der Waals surface area (Å²) in [5.74, 6) is 0.486. The van der Waals surface area contributed by atoms with E-state index in [9.17, 15) is 14.9 Å². The minimum Gasteiger partial charge on any atom is -0.330 e. The highest BCUT2D eigenvalue weighted by molar-refractivity contribution is 9.10. The van der Waals surface area contributed by atoms with Gasteiger partial charge in [-0.15, -0.1) is 0 Å². The summed E-state index contributed by atoms with van der Waals surface area (Å²) in [7, 11) is 0. The molecule has 0 aliphatic rings. The molecule has 116 valence electrons. The lowest BCUT2D eigenvalue weighted by atomic mass is 9.94. The SMILES string of the molecule is CC(C)C[C@H](CN)CC(=O)Nc1ccc([N+](=O)[O-])cc1Br. The van der Waals surface area contributed by atoms with Gasteiger partial charge in [0, 0.05) is 23.0 Å². The van der Waals surface area contributed by atoms with E-state index in [1.165, 1.54) is 18.2 Å². The number of anilines is 1. The lowest BCUT2D eigenvalue weighted by Crippen LogP contribution is -2.23. The van der Waals surface area contributed by atoms with Crippen molar-refractivity contribution in [2.24, 2.45) is 17.6 Å². The standard InChI is InChI=1S/C14H20BrN3O3/c1-9(2)5-10(8-16)6-14(19)17-13-4-3-11(18(20)21)7-12(13)15/h3-4,7,9-10H,5-6,8,16H2,1-2H3,(H,17,19)/t10-/m0/s1. The van der Waals surface area contributed by atoms with Crippen molar-refractivity contribution in [3.63, 3.8) is 0 Å². The fraction of sp³-hybridized carbons (Fsp3) is 0.500. The Labute approximate surface area is 132 Å². The fourth-order valence-corrected chi connectivity index (χ4v) is 2.58. The molecular formula is C14H20BrN3O3. The maximum Gasteiger partial charge on any atom is 0.270 e. The van der Waals surface area contributed by atoms with Crippen LogP contribution < -0.4 is 11.1 Å². The van der Waals surface area contributed by atoms with Crippen LogP contribution in [-0.4, -0.2) is 17.4 Å². The third-order valence-corrected chi connectivity index (χ3v) is 3.71. The second-order valence-corrected chi connectivity index (χ2v) is 6.26. The molecule has 0 aliphatic heterocycles. The molecule has 1 rings (SSSR count). The number of halogens is 1. The molecule has 0 radical (unpaired) electrons. The number of amides is 1. The fourth-order valence-electron chi connectivity index (χ4n) is 2.11. The molecule has 0 unspecified atom stereocenters. The third-order valence-electron chi connectivity index (χ3n) is 3.05. The number of carbonyl (C=O) groups is 1. The van der Waals surface area contributed by atoms with Crippen molar-refractivity contribution >= 4 is 33.2 Å². The van der Waals surface area contributed by atoms with Gasteiger partial charge in [-0.25, -0.2) is 0 Å². The molecule has 0 fully saturated rings. The number of rotatable bonds is 7. The molecule has 1 atom stereocenters. The van der Waals surface area contributed by atoms with Crippen LogP contribution in [0, 0.1) is 22.0 Å². The largest absolute Gasteiger partial charge is 0.330 e. The van der Waals surface area contributed by atoms with Crippen molar-refractivity contribution in [3.8, 4) is 0 Å². The van der Waals surface area contributed by atoms with Crippen LogP contribution in [0.2, 0.25) is 0 Å². The Balaban J connectivity index is 2.68. The molecule has 7 heteroatoms. The third kappa shape index (κ3) is 5.81. The summed E-state index contributed by atoms with van der Waals surface area (Å²) in [5.41, 5.74) is 6.17. The van der Waals surface area contributed by atoms with Crippen LogP contribution in [0.25, 0.3) is 0 Å². The minimum absolute atomic E-state index is 0.0282. The molecular weight excluding hydrogens is 338 g/mol. The van der Waals surface area contributed by atoms with E-state index in [1.54, 1.807) is 0 Å². The van der Waals surface area contributed by atoms with E-state index in [2.05, 4.69) is 35.1 Å². The summed E-state index contributed by atoms with van der Waals surface area (Å²) in [6.07, 6.45) is 1.24. The predicted molar refractivity (Wildman–Crippen MR) is 86.0 cm³/mol. The number of carbonyl (C=O) groups excluding carboxylic acids is 1. The van der Waals surface area contributed by atoms with Crippen LogP contribution in [0.3, 0.4) is 0 Å². The lowest BCUT2D eigenvalue weighted by Gasteiger charge is -2.16. The highest BCUT2D eigenvalue weighted by atomic mass is 79.9. The molecule has 6 nitrogen and oxygen atoms in total. The number of nitrogens with zero attached hydrogens (tertiary/aromatic N) is 1. The lowest BCUT2D eigenvalue weighted by molar-refractivity contribution is -0.384. The molecule has 21 heavy (non-hydrogen) atoms. The zero-order valence-corrected chi connectivity index (χ0v) is 13.7. The van der Waals surface area contributed by atoms with E-state index in [0.29, 0.717) is 29.0 Å². The van der Waals surface area contributed by atoms with Crippen molar-refractivity contribution in [1.29, 1.82) is 0 Å². The van der Waals surface area contributed by atoms with Gasteiger partial charge < -0.3 is 11.1 Å². The van der Waals surface area contributed by atoms with Gasteiger partial charge in [-0.1, -0.05) is 13.8 Å². The normalized spacial score (nSPS) is 12.2. The number of non-ortho nitro benzene ring substituents is 1. The van der Waals surface area contributed by atoms with Gasteiger partial charge in [-0.2, -0.15) is 0 Å². The van der Waals surface area contributed by atoms with Crippen molar-refractivity contribution < 1.29 is 9.72 Å². The molecule has 0 saturated heterocycles. The van der Waals surface area contributed by atoms with Crippen molar-refractivity contribution in [2.45, 2.75) is 26.7 Å². The van der Waals surface area contributed by atoms with Gasteiger partial charge in [-0.3, -0.25) is 14.9 Å². The molecule has 0 aliphatic carbocycles. The Kier molecular flexibility index (Phi) is 6.77. The van der Waals surface area contributed by atoms with Gasteiger partial charge in [0.1, 0.15) is 0 Å². The maximum absolute atomic E-state index is 12.0. The highest BCUT2D eigenvalue weighted by Crippen LogP contribution is 2.27. The predicted octanol–water partition coefficient (Wildman–Crippen LogP) is 3.31. The Hall–Kier alpha value is -1.47. The van der Waals surface area contributed by atoms with Crippen molar-refractivity contribution in [2.75, 3.05) is 11.9 Å². The van der Waals surface area contributed by atoms with E-state index in [4.69, 9.17) is 5.73 Å². The summed E-state index contributed by atoms with van der Waals surface area (Å²) < 4.78 is 0.484. The van der Waals surface area contributed by atoms with E-state index in [-0.39, 0.29) is 17.5 Å². The first-order valence-corrected chi connectivity index (χ1v) is 7.56. The van der Waals surface area contributed by atoms with Crippen LogP contribution in [0.1, 0.15) is 26.7 Å². The van der Waals surface area contributed by atoms with E-state index in [1.807, 2.05) is 0 Å². The summed E-state index contributed by atoms with van der Waals surface area (Å²) in [6.45, 7) is 4.65. The van der Waals surface area contributed by atoms with Crippen LogP contribution in [0.5, 0.6) is 0 Å². The zero-order valence-electron chi connectivity index (χ0n) is 12.1. The number of hydrogen-bond acceptors (Lipinski definition) is 4. The second-order valence-electron chi connectivity index (χ2n) is 5.40. The summed E-state index contributed by atoms with van der Waals surface area (Å²) in [6, 6.07) is 4.24. The molecule has 0 saturated carbocycles. The number of benzene rings is 1. The first-order valence-electron chi connectivity index (χ1n) is 6.77. The van der Waals surface area contributed by atoms with Crippen molar-refractivity contribution in [1.82, 2.24) is 0 Å². The summed E-state index contributed by atoms with van der Waals surface area (Å²) in [4.78, 5) is 22.2. The molecule has 1 aromatic carbocycles. The number of nitro groups is 1. The number of nitro benzene ring substituents is 1. The number of hydrogen-bond donors (Lipinski definition) is 2. The molecule has 0 bridgehead atoms. The van der Waals surface area contributed by atoms with Gasteiger partial charge in [0.25, 0.3) is 5.69 Å². The molecule has 1 aromatic rings. The van der Waals surface area contributed by atoms with E-state index in [0.717, 1.165) is 6.42 Å². The average Bonchev–Trinajstić information content (AvgIpc) is 2.39. The minimum atomic E-state index is -0.483. The van der Waals surface area contributed by atoms with Gasteiger partial charge >= 0.3 is 0 Å². The average molecular weight is 358 g/mol. The summed E-state index contributed by atoms with van der Waals surface area (Å²) in [5, 5.41) is 13.4. The van der Waals surface area contributed by atoms with Crippen LogP contribution in [0.15, 0.2) is 22.7 Å². The summed E-state index contributed by atoms with van der Waals surface area (Å²) >= 11 is 3.22. The van der Waals surface area contributed by atoms with Gasteiger partial charge in [0.2, 0.25) is 5.91 Å². The van der Waals surface area contributed by atoms with Crippen LogP contribution >= 0.6 is 15.9 Å². The Morgan fingerprint density at radius 2 is 2.14 bits per heavy atom. The topological polar surface area (TPSA) is 98.3 Å². The van der Waals surface area contributed by atoms with E-state index >= 15 is 0 Å². The van der Waals surface area contributed by atoms with Gasteiger partial charge in [-0.05, 0) is 46.8 Å². The quantitative estimate of drug-likeness (QED) is 0.577. The smallest absolute Gasteiger partial charge is 0.270 e.